The normalized spacial score (nSPS) is 13.8. The van der Waals surface area contributed by atoms with E-state index < -0.39 is 13.7 Å². The Balaban J connectivity index is 1.14. The molecule has 0 radical (unpaired) electrons. The zero-order valence-electron chi connectivity index (χ0n) is 36.6. The van der Waals surface area contributed by atoms with Crippen LogP contribution in [0.2, 0.25) is 0 Å². The number of hydrogen-bond acceptors (Lipinski definition) is 10. The minimum absolute atomic E-state index is 0.392. The van der Waals surface area contributed by atoms with E-state index in [1.54, 1.807) is 0 Å². The van der Waals surface area contributed by atoms with Crippen molar-refractivity contribution in [3.8, 4) is 46.0 Å². The molecule has 8 aromatic carbocycles. The van der Waals surface area contributed by atoms with Crippen molar-refractivity contribution in [3.63, 3.8) is 0 Å². The number of ether oxygens (including phenoxy) is 4. The van der Waals surface area contributed by atoms with Crippen molar-refractivity contribution in [3.05, 3.63) is 227 Å². The highest BCUT2D eigenvalue weighted by Gasteiger charge is 2.40. The van der Waals surface area contributed by atoms with Gasteiger partial charge in [-0.1, -0.05) is 121 Å². The summed E-state index contributed by atoms with van der Waals surface area (Å²) in [6.07, 6.45) is 0. The van der Waals surface area contributed by atoms with Crippen molar-refractivity contribution in [2.45, 2.75) is 0 Å². The Bertz CT molecular complexity index is 4080. The van der Waals surface area contributed by atoms with E-state index in [2.05, 4.69) is 0 Å². The van der Waals surface area contributed by atoms with Crippen LogP contribution < -0.4 is 29.9 Å². The van der Waals surface area contributed by atoms with Crippen molar-refractivity contribution in [1.29, 1.82) is 0 Å². The zero-order chi connectivity index (χ0) is 46.3. The summed E-state index contributed by atoms with van der Waals surface area (Å²) in [5.74, 6) is 7.45. The van der Waals surface area contributed by atoms with E-state index in [4.69, 9.17) is 59.0 Å². The molecule has 6 heterocycles. The SMILES string of the molecule is [Cl][Al]1[n]2c3c4cccc(Oc5ccccc5)c4c2N=C2N=C(N=c4c5cccc(Oc6ccccc6)c5c([n]41)=NC1=NC(=N3)c3c(Oc4ccccc4)cccc31)c1c(Oc3ccccc3)cccc12. The maximum absolute atomic E-state index is 8.32. The topological polar surface area (TPSA) is 121 Å². The Morgan fingerprint density at radius 3 is 1.30 bits per heavy atom. The quantitative estimate of drug-likeness (QED) is 0.141. The molecule has 0 saturated carbocycles. The van der Waals surface area contributed by atoms with E-state index in [-0.39, 0.29) is 0 Å². The third-order valence-corrected chi connectivity index (χ3v) is 15.5. The van der Waals surface area contributed by atoms with Gasteiger partial charge in [-0.15, -0.1) is 0 Å². The fourth-order valence-electron chi connectivity index (χ4n) is 9.43. The van der Waals surface area contributed by atoms with Gasteiger partial charge in [0.05, 0.1) is 21.9 Å². The number of para-hydroxylation sites is 4. The zero-order valence-corrected chi connectivity index (χ0v) is 38.6. The van der Waals surface area contributed by atoms with Crippen LogP contribution in [-0.2, 0) is 0 Å². The monoisotopic (exact) mass is 942 g/mol. The van der Waals surface area contributed by atoms with Crippen LogP contribution in [0.1, 0.15) is 22.3 Å². The number of aromatic nitrogens is 2. The van der Waals surface area contributed by atoms with E-state index in [1.807, 2.05) is 201 Å². The van der Waals surface area contributed by atoms with Gasteiger partial charge in [0.25, 0.3) is 0 Å². The van der Waals surface area contributed by atoms with Gasteiger partial charge in [0.2, 0.25) is 0 Å². The smallest absolute Gasteiger partial charge is 0.457 e. The van der Waals surface area contributed by atoms with Gasteiger partial charge in [0, 0.05) is 21.9 Å². The Kier molecular flexibility index (Phi) is 9.28. The Labute approximate surface area is 407 Å². The number of halogens is 1. The first-order chi connectivity index (χ1) is 34.6. The van der Waals surface area contributed by atoms with Crippen molar-refractivity contribution in [1.82, 2.24) is 7.10 Å². The standard InChI is InChI=1S/C56H32N8O4.Al.ClH/c1-5-17-33(18-6-1)65-41-29-13-25-37-45(41)53-57-49(37)62-54-47-39(27-15-31-43(47)67-35-21-9-3-10-22-35)51(59-54)64-56-48-40(28-16-32-44(48)68-36-23-11-4-12-24-36)52(60-56)63-55-46-38(50(58-55)61-53)26-14-30-42(46)66-34-19-7-2-8-20-34;;/h1-32H;;1H/q-2;+3;/p-1. The van der Waals surface area contributed by atoms with E-state index in [1.165, 1.54) is 0 Å². The summed E-state index contributed by atoms with van der Waals surface area (Å²) in [4.78, 5) is 32.7. The molecule has 6 bridgehead atoms. The molecule has 4 aliphatic heterocycles. The van der Waals surface area contributed by atoms with Crippen molar-refractivity contribution in [2.24, 2.45) is 30.0 Å². The predicted octanol–water partition coefficient (Wildman–Crippen LogP) is 12.3. The van der Waals surface area contributed by atoms with Gasteiger partial charge in [-0.05, 0) is 72.8 Å². The molecule has 70 heavy (non-hydrogen) atoms. The molecule has 0 aliphatic carbocycles. The highest BCUT2D eigenvalue weighted by Crippen LogP contribution is 2.47. The summed E-state index contributed by atoms with van der Waals surface area (Å²) in [7, 11) is 8.32. The molecule has 0 atom stereocenters. The van der Waals surface area contributed by atoms with E-state index in [0.717, 1.165) is 21.9 Å². The second kappa shape index (κ2) is 16.1. The van der Waals surface area contributed by atoms with E-state index in [9.17, 15) is 0 Å². The molecule has 2 aromatic heterocycles. The van der Waals surface area contributed by atoms with Crippen LogP contribution in [0, 0.1) is 0 Å². The van der Waals surface area contributed by atoms with Crippen LogP contribution in [0.3, 0.4) is 0 Å². The summed E-state index contributed by atoms with van der Waals surface area (Å²) < 4.78 is 30.9. The lowest BCUT2D eigenvalue weighted by molar-refractivity contribution is 0.481. The van der Waals surface area contributed by atoms with Gasteiger partial charge < -0.3 is 26.0 Å². The highest BCUT2D eigenvalue weighted by molar-refractivity contribution is 7.05. The molecule has 0 unspecified atom stereocenters. The first kappa shape index (κ1) is 40.2. The fraction of sp³-hybridized carbons (Fsp3) is 0. The highest BCUT2D eigenvalue weighted by atomic mass is 35.6. The van der Waals surface area contributed by atoms with Gasteiger partial charge in [-0.2, -0.15) is 10.0 Å². The Morgan fingerprint density at radius 2 is 0.743 bits per heavy atom. The van der Waals surface area contributed by atoms with Gasteiger partial charge in [-0.25, -0.2) is 30.0 Å². The third-order valence-electron chi connectivity index (χ3n) is 12.5. The van der Waals surface area contributed by atoms with Gasteiger partial charge in [-0.3, -0.25) is 0 Å². The molecule has 14 heteroatoms. The van der Waals surface area contributed by atoms with Gasteiger partial charge in [0.15, 0.2) is 23.3 Å². The summed E-state index contributed by atoms with van der Waals surface area (Å²) in [6, 6.07) is 62.1. The second-order valence-corrected chi connectivity index (χ2v) is 19.5. The molecule has 330 valence electrons. The fourth-order valence-corrected chi connectivity index (χ4v) is 12.3. The lowest BCUT2D eigenvalue weighted by Crippen LogP contribution is -2.43. The van der Waals surface area contributed by atoms with Gasteiger partial charge in [0.1, 0.15) is 68.6 Å². The number of fused-ring (bicyclic) bond motifs is 14. The number of nitrogens with zero attached hydrogens (tertiary/aromatic N) is 8. The number of hydrogen-bond donors (Lipinski definition) is 0. The molecule has 0 saturated heterocycles. The summed E-state index contributed by atoms with van der Waals surface area (Å²) in [5.41, 5.74) is 3.80. The van der Waals surface area contributed by atoms with E-state index >= 15 is 0 Å². The van der Waals surface area contributed by atoms with Crippen molar-refractivity contribution >= 4 is 80.2 Å². The maximum atomic E-state index is 8.32. The largest absolute Gasteiger partial charge is 0.722 e. The Hall–Kier alpha value is -8.86. The summed E-state index contributed by atoms with van der Waals surface area (Å²) in [5, 5.41) is 2.82. The molecule has 10 aromatic rings. The molecule has 0 spiro atoms. The minimum Gasteiger partial charge on any atom is -0.457 e. The molecule has 14 rings (SSSR count). The van der Waals surface area contributed by atoms with Crippen LogP contribution in [0.5, 0.6) is 46.0 Å². The van der Waals surface area contributed by atoms with Crippen molar-refractivity contribution in [2.75, 3.05) is 0 Å². The minimum atomic E-state index is -3.23. The Morgan fingerprint density at radius 1 is 0.329 bits per heavy atom. The molecule has 0 amide bonds. The molecule has 12 nitrogen and oxygen atoms in total. The molecule has 4 aliphatic rings. The number of rotatable bonds is 8. The van der Waals surface area contributed by atoms with Crippen LogP contribution in [-0.4, -0.2) is 44.1 Å². The average Bonchev–Trinajstić information content (AvgIpc) is 4.12. The second-order valence-electron chi connectivity index (χ2n) is 16.7. The number of aliphatic imine (C=N–C) groups is 4. The molecule has 0 fully saturated rings. The molecular weight excluding hydrogens is 911 g/mol. The van der Waals surface area contributed by atoms with Crippen LogP contribution in [0.15, 0.2) is 224 Å². The third kappa shape index (κ3) is 6.52. The number of benzene rings is 8. The first-order valence-corrected chi connectivity index (χ1v) is 25.3. The summed E-state index contributed by atoms with van der Waals surface area (Å²) >= 11 is -3.23. The lowest BCUT2D eigenvalue weighted by atomic mass is 10.1. The van der Waals surface area contributed by atoms with E-state index in [0.29, 0.717) is 114 Å². The van der Waals surface area contributed by atoms with Crippen LogP contribution in [0.4, 0.5) is 11.6 Å². The number of amidine groups is 4. The predicted molar refractivity (Wildman–Crippen MR) is 273 cm³/mol. The molecular formula is C56H32AlClN8O4. The maximum Gasteiger partial charge on any atom is 0.722 e. The average molecular weight is 943 g/mol. The first-order valence-electron chi connectivity index (χ1n) is 22.6. The van der Waals surface area contributed by atoms with Crippen LogP contribution in [0.25, 0.3) is 21.5 Å². The lowest BCUT2D eigenvalue weighted by Gasteiger charge is -2.15. The van der Waals surface area contributed by atoms with Crippen molar-refractivity contribution < 1.29 is 18.9 Å². The van der Waals surface area contributed by atoms with Crippen LogP contribution >= 0.6 is 10.0 Å². The summed E-state index contributed by atoms with van der Waals surface area (Å²) in [6.45, 7) is 0. The van der Waals surface area contributed by atoms with Gasteiger partial charge >= 0.3 is 13.7 Å². The molecule has 0 N–H and O–H groups in total.